The van der Waals surface area contributed by atoms with Crippen LogP contribution < -0.4 is 10.6 Å². The van der Waals surface area contributed by atoms with E-state index < -0.39 is 0 Å². The molecule has 0 bridgehead atoms. The zero-order valence-corrected chi connectivity index (χ0v) is 18.9. The fraction of sp³-hybridized carbons (Fsp3) is 0.591. The normalized spacial score (nSPS) is 27.3. The first-order valence-electron chi connectivity index (χ1n) is 10.4. The van der Waals surface area contributed by atoms with Crippen LogP contribution in [0.4, 0.5) is 0 Å². The Kier molecular flexibility index (Phi) is 5.89. The summed E-state index contributed by atoms with van der Waals surface area (Å²) in [5.74, 6) is 1.50. The highest BCUT2D eigenvalue weighted by molar-refractivity contribution is 8.01. The van der Waals surface area contributed by atoms with E-state index in [0.717, 1.165) is 33.8 Å². The molecule has 1 aromatic carbocycles. The standard InChI is InChI=1S/C22H29N3O2S2/c1-22(2,3)15-11-19(26)24-17-10-13(8-9-14(15)17)23-20(27)12-28-21-25-16-6-4-5-7-18(16)29-21/h4-7,13-15,17H,8-12H2,1-3H3,(H,23,27)(H,24,26). The molecule has 2 aromatic rings. The molecule has 5 nitrogen and oxygen atoms in total. The number of carbonyl (C=O) groups excluding carboxylic acids is 2. The summed E-state index contributed by atoms with van der Waals surface area (Å²) >= 11 is 3.12. The van der Waals surface area contributed by atoms with Gasteiger partial charge in [-0.15, -0.1) is 11.3 Å². The van der Waals surface area contributed by atoms with Gasteiger partial charge in [-0.05, 0) is 48.6 Å². The first-order valence-corrected chi connectivity index (χ1v) is 12.2. The molecule has 2 fully saturated rings. The molecule has 1 aromatic heterocycles. The summed E-state index contributed by atoms with van der Waals surface area (Å²) in [4.78, 5) is 29.3. The Balaban J connectivity index is 1.31. The SMILES string of the molecule is CC(C)(C)C1CC(=O)NC2CC(NC(=O)CSc3nc4ccccc4s3)CCC21. The summed E-state index contributed by atoms with van der Waals surface area (Å²) in [5.41, 5.74) is 1.12. The van der Waals surface area contributed by atoms with Crippen LogP contribution in [0.25, 0.3) is 10.2 Å². The van der Waals surface area contributed by atoms with Gasteiger partial charge in [-0.25, -0.2) is 4.98 Å². The first kappa shape index (κ1) is 20.7. The summed E-state index contributed by atoms with van der Waals surface area (Å²) < 4.78 is 2.08. The Hall–Kier alpha value is -1.60. The van der Waals surface area contributed by atoms with Crippen molar-refractivity contribution in [2.24, 2.45) is 17.3 Å². The second-order valence-corrected chi connectivity index (χ2v) is 11.6. The highest BCUT2D eigenvalue weighted by Crippen LogP contribution is 2.44. The van der Waals surface area contributed by atoms with Crippen LogP contribution in [0.3, 0.4) is 0 Å². The van der Waals surface area contributed by atoms with Crippen LogP contribution in [0.15, 0.2) is 28.6 Å². The lowest BCUT2D eigenvalue weighted by Crippen LogP contribution is -2.57. The van der Waals surface area contributed by atoms with Crippen molar-refractivity contribution in [3.63, 3.8) is 0 Å². The number of thioether (sulfide) groups is 1. The molecule has 1 aliphatic carbocycles. The van der Waals surface area contributed by atoms with Crippen molar-refractivity contribution >= 4 is 45.1 Å². The van der Waals surface area contributed by atoms with Gasteiger partial charge in [-0.1, -0.05) is 44.7 Å². The molecule has 1 saturated heterocycles. The summed E-state index contributed by atoms with van der Waals surface area (Å²) in [6.45, 7) is 6.71. The largest absolute Gasteiger partial charge is 0.353 e. The summed E-state index contributed by atoms with van der Waals surface area (Å²) in [6.07, 6.45) is 3.50. The predicted octanol–water partition coefficient (Wildman–Crippen LogP) is 4.22. The van der Waals surface area contributed by atoms with E-state index in [1.165, 1.54) is 11.8 Å². The fourth-order valence-electron chi connectivity index (χ4n) is 4.85. The monoisotopic (exact) mass is 431 g/mol. The number of aromatic nitrogens is 1. The maximum absolute atomic E-state index is 12.5. The molecule has 2 N–H and O–H groups in total. The van der Waals surface area contributed by atoms with E-state index >= 15 is 0 Å². The van der Waals surface area contributed by atoms with Crippen molar-refractivity contribution in [2.75, 3.05) is 5.75 Å². The van der Waals surface area contributed by atoms with Crippen molar-refractivity contribution < 1.29 is 9.59 Å². The van der Waals surface area contributed by atoms with Gasteiger partial charge in [0, 0.05) is 18.5 Å². The van der Waals surface area contributed by atoms with Crippen molar-refractivity contribution in [3.05, 3.63) is 24.3 Å². The number of thiazole rings is 1. The molecule has 4 rings (SSSR count). The van der Waals surface area contributed by atoms with E-state index in [1.807, 2.05) is 18.2 Å². The molecule has 0 spiro atoms. The predicted molar refractivity (Wildman–Crippen MR) is 119 cm³/mol. The van der Waals surface area contributed by atoms with Gasteiger partial charge >= 0.3 is 0 Å². The molecule has 2 heterocycles. The molecule has 7 heteroatoms. The van der Waals surface area contributed by atoms with E-state index in [2.05, 4.69) is 42.5 Å². The molecule has 156 valence electrons. The average molecular weight is 432 g/mol. The van der Waals surface area contributed by atoms with Gasteiger partial charge < -0.3 is 10.6 Å². The van der Waals surface area contributed by atoms with Gasteiger partial charge in [-0.2, -0.15) is 0 Å². The maximum Gasteiger partial charge on any atom is 0.230 e. The molecule has 0 radical (unpaired) electrons. The minimum absolute atomic E-state index is 0.0483. The Morgan fingerprint density at radius 3 is 2.86 bits per heavy atom. The molecule has 2 amide bonds. The maximum atomic E-state index is 12.5. The zero-order valence-electron chi connectivity index (χ0n) is 17.2. The van der Waals surface area contributed by atoms with Gasteiger partial charge in [0.05, 0.1) is 16.0 Å². The van der Waals surface area contributed by atoms with Crippen molar-refractivity contribution in [3.8, 4) is 0 Å². The lowest BCUT2D eigenvalue weighted by molar-refractivity contribution is -0.130. The Labute approximate surface area is 180 Å². The summed E-state index contributed by atoms with van der Waals surface area (Å²) in [7, 11) is 0. The smallest absolute Gasteiger partial charge is 0.230 e. The molecule has 1 saturated carbocycles. The number of rotatable bonds is 4. The van der Waals surface area contributed by atoms with Crippen LogP contribution in [0, 0.1) is 17.3 Å². The Morgan fingerprint density at radius 1 is 1.31 bits per heavy atom. The highest BCUT2D eigenvalue weighted by atomic mass is 32.2. The molecular weight excluding hydrogens is 402 g/mol. The number of fused-ring (bicyclic) bond motifs is 2. The number of nitrogens with one attached hydrogen (secondary N) is 2. The van der Waals surface area contributed by atoms with Gasteiger partial charge in [0.15, 0.2) is 4.34 Å². The van der Waals surface area contributed by atoms with E-state index in [-0.39, 0.29) is 29.3 Å². The van der Waals surface area contributed by atoms with Gasteiger partial charge in [0.2, 0.25) is 11.8 Å². The minimum Gasteiger partial charge on any atom is -0.353 e. The van der Waals surface area contributed by atoms with Crippen LogP contribution in [0.1, 0.15) is 46.5 Å². The van der Waals surface area contributed by atoms with Crippen LogP contribution in [-0.4, -0.2) is 34.6 Å². The number of amides is 2. The highest BCUT2D eigenvalue weighted by Gasteiger charge is 2.45. The number of hydrogen-bond donors (Lipinski definition) is 2. The molecule has 2 aliphatic rings. The lowest BCUT2D eigenvalue weighted by Gasteiger charge is -2.48. The van der Waals surface area contributed by atoms with E-state index in [0.29, 0.717) is 24.0 Å². The second-order valence-electron chi connectivity index (χ2n) is 9.33. The third-order valence-electron chi connectivity index (χ3n) is 6.25. The number of hydrogen-bond acceptors (Lipinski definition) is 5. The van der Waals surface area contributed by atoms with Crippen LogP contribution >= 0.6 is 23.1 Å². The molecule has 4 atom stereocenters. The van der Waals surface area contributed by atoms with Gasteiger partial charge in [0.25, 0.3) is 0 Å². The topological polar surface area (TPSA) is 71.1 Å². The number of para-hydroxylation sites is 1. The lowest BCUT2D eigenvalue weighted by atomic mass is 9.62. The fourth-order valence-corrected chi connectivity index (χ4v) is 6.73. The Morgan fingerprint density at radius 2 is 2.10 bits per heavy atom. The quantitative estimate of drug-likeness (QED) is 0.711. The second kappa shape index (κ2) is 8.26. The molecular formula is C22H29N3O2S2. The average Bonchev–Trinajstić information content (AvgIpc) is 3.08. The number of benzene rings is 1. The van der Waals surface area contributed by atoms with Crippen molar-refractivity contribution in [2.45, 2.75) is 62.9 Å². The minimum atomic E-state index is 0.0483. The summed E-state index contributed by atoms with van der Waals surface area (Å²) in [6, 6.07) is 8.35. The van der Waals surface area contributed by atoms with E-state index in [4.69, 9.17) is 0 Å². The van der Waals surface area contributed by atoms with Crippen LogP contribution in [0.5, 0.6) is 0 Å². The van der Waals surface area contributed by atoms with Crippen LogP contribution in [-0.2, 0) is 9.59 Å². The number of carbonyl (C=O) groups is 2. The van der Waals surface area contributed by atoms with Crippen molar-refractivity contribution in [1.82, 2.24) is 15.6 Å². The molecule has 4 unspecified atom stereocenters. The third kappa shape index (κ3) is 4.77. The van der Waals surface area contributed by atoms with Crippen LogP contribution in [0.2, 0.25) is 0 Å². The van der Waals surface area contributed by atoms with Gasteiger partial charge in [0.1, 0.15) is 0 Å². The van der Waals surface area contributed by atoms with E-state index in [9.17, 15) is 9.59 Å². The molecule has 29 heavy (non-hydrogen) atoms. The van der Waals surface area contributed by atoms with Gasteiger partial charge in [-0.3, -0.25) is 9.59 Å². The number of nitrogens with zero attached hydrogens (tertiary/aromatic N) is 1. The number of piperidine rings is 1. The third-order valence-corrected chi connectivity index (χ3v) is 8.43. The summed E-state index contributed by atoms with van der Waals surface area (Å²) in [5, 5.41) is 6.38. The van der Waals surface area contributed by atoms with Crippen molar-refractivity contribution in [1.29, 1.82) is 0 Å². The zero-order chi connectivity index (χ0) is 20.6. The van der Waals surface area contributed by atoms with E-state index in [1.54, 1.807) is 11.3 Å². The first-order chi connectivity index (χ1) is 13.8. The molecule has 1 aliphatic heterocycles. The Bertz CT molecular complexity index is 872.